The number of fused-ring (bicyclic) bond motifs is 6. The molecule has 0 aromatic heterocycles. The molecular weight excluding hydrogens is 594 g/mol. The number of ether oxygens (including phenoxy) is 6. The number of aliphatic carboxylic acids is 1. The van der Waals surface area contributed by atoms with Gasteiger partial charge in [-0.25, -0.2) is 4.79 Å². The van der Waals surface area contributed by atoms with E-state index in [0.29, 0.717) is 13.2 Å². The second-order valence-corrected chi connectivity index (χ2v) is 12.0. The molecule has 45 heavy (non-hydrogen) atoms. The zero-order valence-electron chi connectivity index (χ0n) is 24.7. The molecule has 7 rings (SSSR count). The van der Waals surface area contributed by atoms with E-state index >= 15 is 0 Å². The molecule has 240 valence electrons. The van der Waals surface area contributed by atoms with Gasteiger partial charge >= 0.3 is 5.97 Å². The van der Waals surface area contributed by atoms with Crippen LogP contribution in [0.5, 0.6) is 17.2 Å². The van der Waals surface area contributed by atoms with E-state index in [9.17, 15) is 34.8 Å². The maximum atomic E-state index is 13.8. The Morgan fingerprint density at radius 1 is 1.07 bits per heavy atom. The molecule has 1 unspecified atom stereocenters. The average Bonchev–Trinajstić information content (AvgIpc) is 3.40. The number of benzene rings is 2. The van der Waals surface area contributed by atoms with Crippen LogP contribution in [0, 0.1) is 0 Å². The first-order valence-electron chi connectivity index (χ1n) is 14.7. The van der Waals surface area contributed by atoms with E-state index in [1.807, 2.05) is 6.92 Å². The van der Waals surface area contributed by atoms with Gasteiger partial charge in [0.25, 0.3) is 0 Å². The third-order valence-corrected chi connectivity index (χ3v) is 9.58. The summed E-state index contributed by atoms with van der Waals surface area (Å²) in [4.78, 5) is 41.9. The van der Waals surface area contributed by atoms with Crippen LogP contribution in [-0.4, -0.2) is 113 Å². The lowest BCUT2D eigenvalue weighted by Gasteiger charge is -2.43. The van der Waals surface area contributed by atoms with Crippen LogP contribution in [0.2, 0.25) is 0 Å². The van der Waals surface area contributed by atoms with Crippen LogP contribution in [0.1, 0.15) is 68.8 Å². The highest BCUT2D eigenvalue weighted by atomic mass is 16.7. The highest BCUT2D eigenvalue weighted by Gasteiger charge is 2.55. The lowest BCUT2D eigenvalue weighted by atomic mass is 9.73. The Morgan fingerprint density at radius 2 is 1.82 bits per heavy atom. The summed E-state index contributed by atoms with van der Waals surface area (Å²) in [6, 6.07) is 4.22. The minimum atomic E-state index is -2.43. The molecule has 5 aliphatic rings. The Balaban J connectivity index is 1.29. The van der Waals surface area contributed by atoms with E-state index in [1.54, 1.807) is 0 Å². The van der Waals surface area contributed by atoms with Gasteiger partial charge in [-0.15, -0.1) is 0 Å². The number of carboxylic acids is 1. The van der Waals surface area contributed by atoms with Crippen molar-refractivity contribution in [3.05, 3.63) is 51.6 Å². The van der Waals surface area contributed by atoms with Gasteiger partial charge in [-0.05, 0) is 13.0 Å². The molecule has 14 nitrogen and oxygen atoms in total. The van der Waals surface area contributed by atoms with E-state index in [0.717, 1.165) is 0 Å². The van der Waals surface area contributed by atoms with Crippen LogP contribution >= 0.6 is 0 Å². The molecule has 8 atom stereocenters. The molecule has 0 saturated carbocycles. The molecule has 0 bridgehead atoms. The minimum Gasteiger partial charge on any atom is -0.507 e. The molecule has 0 spiro atoms. The maximum absolute atomic E-state index is 13.8. The summed E-state index contributed by atoms with van der Waals surface area (Å²) in [7, 11) is 2.87. The normalized spacial score (nSPS) is 33.9. The number of carboxylic acid groups (broad SMARTS) is 1. The summed E-state index contributed by atoms with van der Waals surface area (Å²) in [6.45, 7) is 2.80. The number of phenols is 2. The zero-order valence-corrected chi connectivity index (χ0v) is 24.7. The number of nitrogens with zero attached hydrogens (tertiary/aromatic N) is 1. The van der Waals surface area contributed by atoms with Crippen molar-refractivity contribution in [2.45, 2.75) is 74.9 Å². The molecule has 2 aromatic rings. The summed E-state index contributed by atoms with van der Waals surface area (Å²) in [5, 5.41) is 44.4. The van der Waals surface area contributed by atoms with Gasteiger partial charge in [0, 0.05) is 55.6 Å². The number of ketones is 2. The molecular formula is C31H33NO13. The molecule has 4 N–H and O–H groups in total. The zero-order chi connectivity index (χ0) is 31.9. The molecule has 14 heteroatoms. The Morgan fingerprint density at radius 3 is 2.53 bits per heavy atom. The Bertz CT molecular complexity index is 1610. The van der Waals surface area contributed by atoms with Gasteiger partial charge in [-0.1, -0.05) is 12.1 Å². The predicted octanol–water partition coefficient (Wildman–Crippen LogP) is 1.23. The Hall–Kier alpha value is -3.63. The number of carbonyl (C=O) groups excluding carboxylic acids is 2. The predicted molar refractivity (Wildman–Crippen MR) is 149 cm³/mol. The summed E-state index contributed by atoms with van der Waals surface area (Å²) in [5.74, 6) is -4.35. The number of carbonyl (C=O) groups is 3. The first-order chi connectivity index (χ1) is 21.5. The smallest absolute Gasteiger partial charge is 0.336 e. The fourth-order valence-corrected chi connectivity index (χ4v) is 7.49. The first-order valence-corrected chi connectivity index (χ1v) is 14.7. The fourth-order valence-electron chi connectivity index (χ4n) is 7.49. The molecule has 2 aliphatic carbocycles. The summed E-state index contributed by atoms with van der Waals surface area (Å²) >= 11 is 0. The fraction of sp³-hybridized carbons (Fsp3) is 0.516. The lowest BCUT2D eigenvalue weighted by molar-refractivity contribution is -0.256. The van der Waals surface area contributed by atoms with Crippen molar-refractivity contribution in [1.29, 1.82) is 0 Å². The highest BCUT2D eigenvalue weighted by molar-refractivity contribution is 6.31. The van der Waals surface area contributed by atoms with Gasteiger partial charge in [-0.2, -0.15) is 0 Å². The molecule has 3 fully saturated rings. The standard InChI is InChI=1S/C31H33NO13/c1-12-27-15(32-7-8-42-29(41-3)28(32)45-27)9-18(43-12)44-17-11-31(39,30(37)38)10-14-20(17)26(36)22-21(24(14)34)23(33)13-5-4-6-16(40-2)19(13)25(22)35/h4-6,12,15,17-18,27-29,34,36,39H,7-11H2,1-3H3,(H,37,38)/t12-,15-,17-,18-,27+,28+,29-,31?/m0/s1. The van der Waals surface area contributed by atoms with Crippen molar-refractivity contribution >= 4 is 17.5 Å². The van der Waals surface area contributed by atoms with Crippen LogP contribution in [-0.2, 0) is 34.9 Å². The van der Waals surface area contributed by atoms with Crippen LogP contribution < -0.4 is 4.74 Å². The molecule has 0 radical (unpaired) electrons. The van der Waals surface area contributed by atoms with Gasteiger partial charge in [0.1, 0.15) is 23.4 Å². The Labute approximate surface area is 256 Å². The molecule has 3 aliphatic heterocycles. The number of phenolic OH excluding ortho intramolecular Hbond substituents is 2. The third-order valence-electron chi connectivity index (χ3n) is 9.58. The molecule has 0 amide bonds. The summed E-state index contributed by atoms with van der Waals surface area (Å²) in [5.41, 5.74) is -3.79. The topological polar surface area (TPSA) is 191 Å². The van der Waals surface area contributed by atoms with Crippen LogP contribution in [0.15, 0.2) is 18.2 Å². The van der Waals surface area contributed by atoms with E-state index in [1.165, 1.54) is 32.4 Å². The van der Waals surface area contributed by atoms with Gasteiger partial charge < -0.3 is 48.8 Å². The monoisotopic (exact) mass is 627 g/mol. The number of aromatic hydroxyl groups is 2. The summed E-state index contributed by atoms with van der Waals surface area (Å²) in [6.07, 6.45) is -5.10. The minimum absolute atomic E-state index is 0.0475. The summed E-state index contributed by atoms with van der Waals surface area (Å²) < 4.78 is 35.2. The number of morpholine rings is 1. The molecule has 2 aromatic carbocycles. The van der Waals surface area contributed by atoms with E-state index in [4.69, 9.17) is 28.4 Å². The third kappa shape index (κ3) is 4.39. The van der Waals surface area contributed by atoms with E-state index in [-0.39, 0.29) is 46.6 Å². The van der Waals surface area contributed by atoms with Crippen LogP contribution in [0.4, 0.5) is 0 Å². The highest BCUT2D eigenvalue weighted by Crippen LogP contribution is 2.53. The van der Waals surface area contributed by atoms with Gasteiger partial charge in [-0.3, -0.25) is 14.5 Å². The van der Waals surface area contributed by atoms with Gasteiger partial charge in [0.2, 0.25) is 5.78 Å². The van der Waals surface area contributed by atoms with Crippen molar-refractivity contribution in [2.24, 2.45) is 0 Å². The van der Waals surface area contributed by atoms with Crippen molar-refractivity contribution in [1.82, 2.24) is 4.90 Å². The Kier molecular flexibility index (Phi) is 7.16. The molecule has 3 saturated heterocycles. The average molecular weight is 628 g/mol. The van der Waals surface area contributed by atoms with Crippen molar-refractivity contribution in [3.8, 4) is 17.2 Å². The second-order valence-electron chi connectivity index (χ2n) is 12.0. The van der Waals surface area contributed by atoms with Crippen molar-refractivity contribution in [2.75, 3.05) is 27.4 Å². The van der Waals surface area contributed by atoms with Crippen LogP contribution in [0.25, 0.3) is 0 Å². The number of hydrogen-bond donors (Lipinski definition) is 4. The number of aliphatic hydroxyl groups is 1. The van der Waals surface area contributed by atoms with E-state index in [2.05, 4.69) is 4.90 Å². The van der Waals surface area contributed by atoms with Crippen molar-refractivity contribution in [3.63, 3.8) is 0 Å². The van der Waals surface area contributed by atoms with E-state index < -0.39 is 89.6 Å². The van der Waals surface area contributed by atoms with Gasteiger partial charge in [0.15, 0.2) is 30.2 Å². The van der Waals surface area contributed by atoms with Crippen LogP contribution in [0.3, 0.4) is 0 Å². The SMILES string of the molecule is COc1cccc2c1C(=O)c1c(O)c3c(c(O)c1C2=O)CC(O)(C(=O)O)C[C@@H]3O[C@H]1C[C@H]2[C@H](O[C@@H]3[C@@H](OC)OCCN32)[C@H](C)O1. The molecule has 3 heterocycles. The number of hydrogen-bond acceptors (Lipinski definition) is 13. The van der Waals surface area contributed by atoms with Gasteiger partial charge in [0.05, 0.1) is 42.6 Å². The first kappa shape index (κ1) is 30.0. The largest absolute Gasteiger partial charge is 0.507 e. The maximum Gasteiger partial charge on any atom is 0.336 e. The van der Waals surface area contributed by atoms with Crippen molar-refractivity contribution < 1.29 is 63.2 Å². The lowest BCUT2D eigenvalue weighted by Crippen LogP contribution is -2.55. The quantitative estimate of drug-likeness (QED) is 0.295. The second kappa shape index (κ2) is 10.7. The number of methoxy groups -OCH3 is 2. The number of rotatable bonds is 5.